The Morgan fingerprint density at radius 2 is 1.96 bits per heavy atom. The summed E-state index contributed by atoms with van der Waals surface area (Å²) in [4.78, 5) is 0. The van der Waals surface area contributed by atoms with Crippen LogP contribution in [0.25, 0.3) is 22.2 Å². The van der Waals surface area contributed by atoms with Gasteiger partial charge < -0.3 is 4.74 Å². The highest BCUT2D eigenvalue weighted by Gasteiger charge is 2.22. The van der Waals surface area contributed by atoms with E-state index >= 15 is 0 Å². The molecule has 1 saturated heterocycles. The highest BCUT2D eigenvalue weighted by atomic mass is 16.5. The van der Waals surface area contributed by atoms with E-state index in [1.54, 1.807) is 0 Å². The third-order valence-corrected chi connectivity index (χ3v) is 5.11. The number of ether oxygens (including phenoxy) is 1. The molecule has 1 aromatic heterocycles. The van der Waals surface area contributed by atoms with E-state index in [9.17, 15) is 5.26 Å². The maximum Gasteiger partial charge on any atom is 0.150 e. The van der Waals surface area contributed by atoms with Crippen LogP contribution in [-0.2, 0) is 4.74 Å². The van der Waals surface area contributed by atoms with Crippen molar-refractivity contribution in [3.05, 3.63) is 53.6 Å². The topological polar surface area (TPSA) is 50.8 Å². The second-order valence-electron chi connectivity index (χ2n) is 7.23. The lowest BCUT2D eigenvalue weighted by Gasteiger charge is -2.23. The third-order valence-electron chi connectivity index (χ3n) is 5.11. The van der Waals surface area contributed by atoms with Crippen molar-refractivity contribution in [2.75, 3.05) is 6.61 Å². The maximum atomic E-state index is 9.31. The molecule has 1 aliphatic rings. The number of nitrogens with zero attached hydrogens (tertiary/aromatic N) is 3. The molecule has 0 bridgehead atoms. The minimum absolute atomic E-state index is 0.0251. The van der Waals surface area contributed by atoms with Gasteiger partial charge in [0, 0.05) is 17.6 Å². The molecule has 4 nitrogen and oxygen atoms in total. The van der Waals surface area contributed by atoms with E-state index < -0.39 is 0 Å². The van der Waals surface area contributed by atoms with Gasteiger partial charge in [-0.25, -0.2) is 4.68 Å². The van der Waals surface area contributed by atoms with E-state index in [2.05, 4.69) is 44.2 Å². The zero-order chi connectivity index (χ0) is 18.1. The maximum absolute atomic E-state index is 9.31. The van der Waals surface area contributed by atoms with Crippen molar-refractivity contribution in [3.63, 3.8) is 0 Å². The van der Waals surface area contributed by atoms with Gasteiger partial charge in [-0.1, -0.05) is 38.1 Å². The Morgan fingerprint density at radius 1 is 1.15 bits per heavy atom. The van der Waals surface area contributed by atoms with Gasteiger partial charge in [0.25, 0.3) is 0 Å². The molecule has 3 aromatic rings. The number of rotatable bonds is 3. The van der Waals surface area contributed by atoms with Crippen LogP contribution in [0.4, 0.5) is 0 Å². The number of hydrogen-bond acceptors (Lipinski definition) is 3. The summed E-state index contributed by atoms with van der Waals surface area (Å²) in [7, 11) is 0. The molecule has 0 saturated carbocycles. The summed E-state index contributed by atoms with van der Waals surface area (Å²) in [6.07, 6.45) is 3.21. The Balaban J connectivity index is 1.86. The van der Waals surface area contributed by atoms with E-state index in [0.29, 0.717) is 11.5 Å². The van der Waals surface area contributed by atoms with Gasteiger partial charge in [0.05, 0.1) is 17.1 Å². The van der Waals surface area contributed by atoms with Crippen molar-refractivity contribution in [1.29, 1.82) is 5.26 Å². The van der Waals surface area contributed by atoms with E-state index in [0.717, 1.165) is 48.0 Å². The molecule has 0 N–H and O–H groups in total. The molecule has 1 aliphatic heterocycles. The summed E-state index contributed by atoms with van der Waals surface area (Å²) < 4.78 is 7.97. The van der Waals surface area contributed by atoms with Crippen LogP contribution in [0, 0.1) is 11.3 Å². The summed E-state index contributed by atoms with van der Waals surface area (Å²) in [6, 6.07) is 16.6. The molecule has 0 radical (unpaired) electrons. The van der Waals surface area contributed by atoms with E-state index in [1.165, 1.54) is 5.56 Å². The van der Waals surface area contributed by atoms with E-state index in [1.807, 2.05) is 22.9 Å². The van der Waals surface area contributed by atoms with Gasteiger partial charge >= 0.3 is 0 Å². The summed E-state index contributed by atoms with van der Waals surface area (Å²) in [5.74, 6) is 0.499. The summed E-state index contributed by atoms with van der Waals surface area (Å²) >= 11 is 0. The Hall–Kier alpha value is -2.64. The molecule has 2 aromatic carbocycles. The van der Waals surface area contributed by atoms with Crippen LogP contribution >= 0.6 is 0 Å². The fraction of sp³-hybridized carbons (Fsp3) is 0.364. The molecule has 4 heteroatoms. The molecule has 2 heterocycles. The number of benzene rings is 2. The van der Waals surface area contributed by atoms with Gasteiger partial charge in [-0.3, -0.25) is 0 Å². The SMILES string of the molecule is CC(C)c1ccc(-c2nn(C3CCCCO3)c3ccc(C#N)cc23)cc1. The lowest BCUT2D eigenvalue weighted by Crippen LogP contribution is -2.19. The molecular weight excluding hydrogens is 322 g/mol. The Morgan fingerprint density at radius 3 is 2.62 bits per heavy atom. The monoisotopic (exact) mass is 345 g/mol. The minimum Gasteiger partial charge on any atom is -0.356 e. The average Bonchev–Trinajstić information content (AvgIpc) is 3.07. The molecule has 4 rings (SSSR count). The fourth-order valence-corrected chi connectivity index (χ4v) is 3.59. The molecule has 132 valence electrons. The second kappa shape index (κ2) is 6.93. The molecule has 1 fully saturated rings. The van der Waals surface area contributed by atoms with Crippen LogP contribution in [0.3, 0.4) is 0 Å². The number of fused-ring (bicyclic) bond motifs is 1. The third kappa shape index (κ3) is 3.00. The Kier molecular flexibility index (Phi) is 4.48. The van der Waals surface area contributed by atoms with E-state index in [4.69, 9.17) is 9.84 Å². The van der Waals surface area contributed by atoms with Crippen molar-refractivity contribution in [1.82, 2.24) is 9.78 Å². The number of nitriles is 1. The van der Waals surface area contributed by atoms with Gasteiger partial charge in [-0.2, -0.15) is 10.4 Å². The van der Waals surface area contributed by atoms with Crippen molar-refractivity contribution in [2.24, 2.45) is 0 Å². The molecular formula is C22H23N3O. The first-order chi connectivity index (χ1) is 12.7. The predicted molar refractivity (Wildman–Crippen MR) is 103 cm³/mol. The van der Waals surface area contributed by atoms with Gasteiger partial charge in [0.1, 0.15) is 5.69 Å². The van der Waals surface area contributed by atoms with Crippen LogP contribution in [-0.4, -0.2) is 16.4 Å². The van der Waals surface area contributed by atoms with Gasteiger partial charge in [0.2, 0.25) is 0 Å². The highest BCUT2D eigenvalue weighted by molar-refractivity contribution is 5.94. The zero-order valence-corrected chi connectivity index (χ0v) is 15.3. The molecule has 1 unspecified atom stereocenters. The van der Waals surface area contributed by atoms with Gasteiger partial charge in [0.15, 0.2) is 6.23 Å². The molecule has 0 amide bonds. The van der Waals surface area contributed by atoms with Crippen LogP contribution in [0.2, 0.25) is 0 Å². The Bertz CT molecular complexity index is 957. The smallest absolute Gasteiger partial charge is 0.150 e. The highest BCUT2D eigenvalue weighted by Crippen LogP contribution is 2.33. The minimum atomic E-state index is -0.0251. The molecule has 26 heavy (non-hydrogen) atoms. The molecule has 1 atom stereocenters. The fourth-order valence-electron chi connectivity index (χ4n) is 3.59. The van der Waals surface area contributed by atoms with Gasteiger partial charge in [-0.15, -0.1) is 0 Å². The van der Waals surface area contributed by atoms with E-state index in [-0.39, 0.29) is 6.23 Å². The predicted octanol–water partition coefficient (Wildman–Crippen LogP) is 5.40. The summed E-state index contributed by atoms with van der Waals surface area (Å²) in [6.45, 7) is 5.16. The lowest BCUT2D eigenvalue weighted by molar-refractivity contribution is -0.0365. The first kappa shape index (κ1) is 16.8. The first-order valence-electron chi connectivity index (χ1n) is 9.31. The molecule has 0 spiro atoms. The largest absolute Gasteiger partial charge is 0.356 e. The normalized spacial score (nSPS) is 17.5. The zero-order valence-electron chi connectivity index (χ0n) is 15.3. The summed E-state index contributed by atoms with van der Waals surface area (Å²) in [5.41, 5.74) is 4.98. The number of aromatic nitrogens is 2. The lowest BCUT2D eigenvalue weighted by atomic mass is 9.99. The second-order valence-corrected chi connectivity index (χ2v) is 7.23. The van der Waals surface area contributed by atoms with Crippen LogP contribution < -0.4 is 0 Å². The Labute approximate surface area is 154 Å². The standard InChI is InChI=1S/C22H23N3O/c1-15(2)17-7-9-18(10-8-17)22-19-13-16(14-23)6-11-20(19)25(24-22)21-5-3-4-12-26-21/h6-11,13,15,21H,3-5,12H2,1-2H3. The van der Waals surface area contributed by atoms with Crippen molar-refractivity contribution in [2.45, 2.75) is 45.3 Å². The van der Waals surface area contributed by atoms with Crippen molar-refractivity contribution < 1.29 is 4.74 Å². The first-order valence-corrected chi connectivity index (χ1v) is 9.31. The quantitative estimate of drug-likeness (QED) is 0.639. The van der Waals surface area contributed by atoms with Crippen LogP contribution in [0.1, 0.15) is 56.4 Å². The van der Waals surface area contributed by atoms with Crippen LogP contribution in [0.5, 0.6) is 0 Å². The van der Waals surface area contributed by atoms with Crippen molar-refractivity contribution >= 4 is 10.9 Å². The number of hydrogen-bond donors (Lipinski definition) is 0. The summed E-state index contributed by atoms with van der Waals surface area (Å²) in [5, 5.41) is 15.2. The molecule has 0 aliphatic carbocycles. The van der Waals surface area contributed by atoms with Crippen molar-refractivity contribution in [3.8, 4) is 17.3 Å². The van der Waals surface area contributed by atoms with Crippen LogP contribution in [0.15, 0.2) is 42.5 Å². The van der Waals surface area contributed by atoms with Gasteiger partial charge in [-0.05, 0) is 48.9 Å². The average molecular weight is 345 g/mol.